The molecule has 0 radical (unpaired) electrons. The lowest BCUT2D eigenvalue weighted by Crippen LogP contribution is -1.97. The minimum Gasteiger partial charge on any atom is -0.496 e. The molecule has 17 heavy (non-hydrogen) atoms. The van der Waals surface area contributed by atoms with E-state index < -0.39 is 0 Å². The number of aryl methyl sites for hydroxylation is 1. The first-order valence-electron chi connectivity index (χ1n) is 5.48. The summed E-state index contributed by atoms with van der Waals surface area (Å²) in [6.07, 6.45) is 2.27. The molecule has 4 heteroatoms. The summed E-state index contributed by atoms with van der Waals surface area (Å²) in [7, 11) is 3.26. The smallest absolute Gasteiger partial charge is 0.136 e. The van der Waals surface area contributed by atoms with E-state index in [0.29, 0.717) is 6.42 Å². The maximum absolute atomic E-state index is 10.9. The van der Waals surface area contributed by atoms with E-state index in [-0.39, 0.29) is 5.78 Å². The van der Waals surface area contributed by atoms with Crippen LogP contribution in [-0.2, 0) is 11.2 Å². The summed E-state index contributed by atoms with van der Waals surface area (Å²) >= 11 is 3.44. The highest BCUT2D eigenvalue weighted by Crippen LogP contribution is 2.33. The van der Waals surface area contributed by atoms with Gasteiger partial charge in [-0.05, 0) is 47.3 Å². The van der Waals surface area contributed by atoms with Crippen molar-refractivity contribution in [2.45, 2.75) is 26.2 Å². The zero-order valence-electron chi connectivity index (χ0n) is 10.4. The van der Waals surface area contributed by atoms with E-state index in [1.807, 2.05) is 12.1 Å². The Bertz CT molecular complexity index is 402. The Hall–Kier alpha value is -1.03. The maximum Gasteiger partial charge on any atom is 0.136 e. The van der Waals surface area contributed by atoms with Gasteiger partial charge in [0, 0.05) is 12.5 Å². The van der Waals surface area contributed by atoms with Gasteiger partial charge in [-0.3, -0.25) is 0 Å². The van der Waals surface area contributed by atoms with Crippen LogP contribution < -0.4 is 9.47 Å². The summed E-state index contributed by atoms with van der Waals surface area (Å²) in [5.74, 6) is 1.77. The van der Waals surface area contributed by atoms with Crippen LogP contribution in [0.1, 0.15) is 25.3 Å². The normalized spacial score (nSPS) is 10.1. The van der Waals surface area contributed by atoms with Gasteiger partial charge >= 0.3 is 0 Å². The zero-order chi connectivity index (χ0) is 12.8. The van der Waals surface area contributed by atoms with Crippen LogP contribution in [-0.4, -0.2) is 20.0 Å². The quantitative estimate of drug-likeness (QED) is 0.808. The summed E-state index contributed by atoms with van der Waals surface area (Å²) in [6, 6.07) is 3.84. The molecule has 94 valence electrons. The topological polar surface area (TPSA) is 35.5 Å². The zero-order valence-corrected chi connectivity index (χ0v) is 12.0. The fourth-order valence-corrected chi connectivity index (χ4v) is 2.20. The van der Waals surface area contributed by atoms with E-state index in [0.717, 1.165) is 34.4 Å². The number of halogens is 1. The third kappa shape index (κ3) is 4.04. The van der Waals surface area contributed by atoms with Crippen molar-refractivity contribution in [3.63, 3.8) is 0 Å². The number of ether oxygens (including phenoxy) is 2. The van der Waals surface area contributed by atoms with Gasteiger partial charge in [0.2, 0.25) is 0 Å². The molecule has 0 spiro atoms. The average Bonchev–Trinajstić information content (AvgIpc) is 2.29. The molecule has 0 aliphatic carbocycles. The molecule has 0 aliphatic rings. The van der Waals surface area contributed by atoms with Crippen LogP contribution >= 0.6 is 15.9 Å². The number of benzene rings is 1. The molecular formula is C13H17BrO3. The SMILES string of the molecule is COc1cc(OC)c(CCCC(C)=O)cc1Br. The largest absolute Gasteiger partial charge is 0.496 e. The minimum absolute atomic E-state index is 0.219. The summed E-state index contributed by atoms with van der Waals surface area (Å²) in [5, 5.41) is 0. The van der Waals surface area contributed by atoms with Crippen molar-refractivity contribution in [3.05, 3.63) is 22.2 Å². The lowest BCUT2D eigenvalue weighted by Gasteiger charge is -2.11. The van der Waals surface area contributed by atoms with Gasteiger partial charge in [0.1, 0.15) is 17.3 Å². The molecule has 1 aromatic rings. The van der Waals surface area contributed by atoms with Crippen LogP contribution in [0.3, 0.4) is 0 Å². The van der Waals surface area contributed by atoms with Crippen LogP contribution in [0.25, 0.3) is 0 Å². The Morgan fingerprint density at radius 2 is 1.88 bits per heavy atom. The van der Waals surface area contributed by atoms with Crippen molar-refractivity contribution in [1.82, 2.24) is 0 Å². The fourth-order valence-electron chi connectivity index (χ4n) is 1.65. The van der Waals surface area contributed by atoms with Gasteiger partial charge in [-0.25, -0.2) is 0 Å². The summed E-state index contributed by atoms with van der Waals surface area (Å²) < 4.78 is 11.4. The fraction of sp³-hybridized carbons (Fsp3) is 0.462. The lowest BCUT2D eigenvalue weighted by molar-refractivity contribution is -0.117. The van der Waals surface area contributed by atoms with Gasteiger partial charge in [0.05, 0.1) is 18.7 Å². The molecule has 0 saturated carbocycles. The number of hydrogen-bond donors (Lipinski definition) is 0. The van der Waals surface area contributed by atoms with Crippen molar-refractivity contribution in [3.8, 4) is 11.5 Å². The van der Waals surface area contributed by atoms with E-state index in [1.165, 1.54) is 0 Å². The van der Waals surface area contributed by atoms with E-state index in [2.05, 4.69) is 15.9 Å². The van der Waals surface area contributed by atoms with Crippen molar-refractivity contribution in [1.29, 1.82) is 0 Å². The molecule has 0 N–H and O–H groups in total. The first kappa shape index (κ1) is 14.0. The van der Waals surface area contributed by atoms with Gasteiger partial charge in [0.25, 0.3) is 0 Å². The summed E-state index contributed by atoms with van der Waals surface area (Å²) in [6.45, 7) is 1.61. The highest BCUT2D eigenvalue weighted by molar-refractivity contribution is 9.10. The van der Waals surface area contributed by atoms with Crippen molar-refractivity contribution in [2.24, 2.45) is 0 Å². The second-order valence-electron chi connectivity index (χ2n) is 3.85. The van der Waals surface area contributed by atoms with Crippen LogP contribution in [0.5, 0.6) is 11.5 Å². The maximum atomic E-state index is 10.9. The molecule has 0 atom stereocenters. The minimum atomic E-state index is 0.219. The van der Waals surface area contributed by atoms with Crippen LogP contribution in [0.4, 0.5) is 0 Å². The number of rotatable bonds is 6. The number of hydrogen-bond acceptors (Lipinski definition) is 3. The second-order valence-corrected chi connectivity index (χ2v) is 4.71. The summed E-state index contributed by atoms with van der Waals surface area (Å²) in [5.41, 5.74) is 1.08. The first-order chi connectivity index (χ1) is 8.08. The Morgan fingerprint density at radius 1 is 1.24 bits per heavy atom. The number of carbonyl (C=O) groups excluding carboxylic acids is 1. The molecule has 0 saturated heterocycles. The molecule has 0 amide bonds. The second kappa shape index (κ2) is 6.64. The molecule has 0 unspecified atom stereocenters. The first-order valence-corrected chi connectivity index (χ1v) is 6.27. The summed E-state index contributed by atoms with van der Waals surface area (Å²) in [4.78, 5) is 10.9. The molecule has 1 rings (SSSR count). The van der Waals surface area contributed by atoms with Gasteiger partial charge < -0.3 is 14.3 Å². The molecule has 0 bridgehead atoms. The highest BCUT2D eigenvalue weighted by Gasteiger charge is 2.09. The number of Topliss-reactive ketones (excluding diaryl/α,β-unsaturated/α-hetero) is 1. The number of carbonyl (C=O) groups is 1. The Balaban J connectivity index is 2.83. The standard InChI is InChI=1S/C13H17BrO3/c1-9(15)5-4-6-10-7-11(14)13(17-3)8-12(10)16-2/h7-8H,4-6H2,1-3H3. The molecule has 3 nitrogen and oxygen atoms in total. The van der Waals surface area contributed by atoms with Gasteiger partial charge in [-0.1, -0.05) is 0 Å². The van der Waals surface area contributed by atoms with Gasteiger partial charge in [-0.2, -0.15) is 0 Å². The highest BCUT2D eigenvalue weighted by atomic mass is 79.9. The van der Waals surface area contributed by atoms with Crippen molar-refractivity contribution in [2.75, 3.05) is 14.2 Å². The number of methoxy groups -OCH3 is 2. The Labute approximate surface area is 110 Å². The monoisotopic (exact) mass is 300 g/mol. The van der Waals surface area contributed by atoms with Crippen molar-refractivity contribution >= 4 is 21.7 Å². The molecule has 0 aliphatic heterocycles. The van der Waals surface area contributed by atoms with Crippen molar-refractivity contribution < 1.29 is 14.3 Å². The average molecular weight is 301 g/mol. The number of ketones is 1. The third-order valence-corrected chi connectivity index (χ3v) is 3.15. The molecule has 0 aromatic heterocycles. The van der Waals surface area contributed by atoms with Crippen LogP contribution in [0, 0.1) is 0 Å². The third-order valence-electron chi connectivity index (χ3n) is 2.53. The molecule has 0 heterocycles. The predicted molar refractivity (Wildman–Crippen MR) is 70.9 cm³/mol. The van der Waals surface area contributed by atoms with Crippen LogP contribution in [0.15, 0.2) is 16.6 Å². The predicted octanol–water partition coefficient (Wildman–Crippen LogP) is 3.38. The lowest BCUT2D eigenvalue weighted by atomic mass is 10.1. The van der Waals surface area contributed by atoms with E-state index in [1.54, 1.807) is 21.1 Å². The molecule has 0 fully saturated rings. The Kier molecular flexibility index (Phi) is 5.48. The van der Waals surface area contributed by atoms with Gasteiger partial charge in [-0.15, -0.1) is 0 Å². The Morgan fingerprint density at radius 3 is 2.41 bits per heavy atom. The van der Waals surface area contributed by atoms with Gasteiger partial charge in [0.15, 0.2) is 0 Å². The van der Waals surface area contributed by atoms with E-state index in [9.17, 15) is 4.79 Å². The molecular weight excluding hydrogens is 284 g/mol. The molecule has 1 aromatic carbocycles. The van der Waals surface area contributed by atoms with E-state index in [4.69, 9.17) is 9.47 Å². The van der Waals surface area contributed by atoms with Crippen LogP contribution in [0.2, 0.25) is 0 Å². The van der Waals surface area contributed by atoms with E-state index >= 15 is 0 Å².